The number of hydrogen-bond donors (Lipinski definition) is 0. The van der Waals surface area contributed by atoms with E-state index < -0.39 is 0 Å². The fraction of sp³-hybridized carbons (Fsp3) is 0.0769. The molecule has 3 rings (SSSR count). The molecule has 3 nitrogen and oxygen atoms in total. The van der Waals surface area contributed by atoms with Crippen LogP contribution in [-0.4, -0.2) is 10.1 Å². The Balaban J connectivity index is 1.85. The van der Waals surface area contributed by atoms with E-state index in [1.165, 1.54) is 4.88 Å². The zero-order valence-corrected chi connectivity index (χ0v) is 11.7. The SMILES string of the molecule is Brc1cccc(-c2nc(Cc3cccs3)no2)c1. The monoisotopic (exact) mass is 320 g/mol. The van der Waals surface area contributed by atoms with Crippen LogP contribution in [0.4, 0.5) is 0 Å². The first kappa shape index (κ1) is 11.6. The van der Waals surface area contributed by atoms with Gasteiger partial charge in [0.05, 0.1) is 0 Å². The zero-order valence-electron chi connectivity index (χ0n) is 9.34. The molecule has 0 radical (unpaired) electrons. The summed E-state index contributed by atoms with van der Waals surface area (Å²) in [4.78, 5) is 5.64. The number of thiophene rings is 1. The van der Waals surface area contributed by atoms with Crippen molar-refractivity contribution < 1.29 is 4.52 Å². The van der Waals surface area contributed by atoms with Crippen molar-refractivity contribution in [3.63, 3.8) is 0 Å². The number of nitrogens with zero attached hydrogens (tertiary/aromatic N) is 2. The first-order chi connectivity index (χ1) is 8.81. The van der Waals surface area contributed by atoms with Gasteiger partial charge in [0.15, 0.2) is 5.82 Å². The highest BCUT2D eigenvalue weighted by molar-refractivity contribution is 9.10. The normalized spacial score (nSPS) is 10.7. The fourth-order valence-corrected chi connectivity index (χ4v) is 2.73. The van der Waals surface area contributed by atoms with Gasteiger partial charge in [-0.3, -0.25) is 0 Å². The second-order valence-electron chi connectivity index (χ2n) is 3.78. The van der Waals surface area contributed by atoms with Gasteiger partial charge >= 0.3 is 0 Å². The molecule has 0 aliphatic heterocycles. The van der Waals surface area contributed by atoms with E-state index in [-0.39, 0.29) is 0 Å². The lowest BCUT2D eigenvalue weighted by Gasteiger charge is -1.93. The standard InChI is InChI=1S/C13H9BrN2OS/c14-10-4-1-3-9(7-10)13-15-12(16-17-13)8-11-5-2-6-18-11/h1-7H,8H2. The molecule has 0 spiro atoms. The van der Waals surface area contributed by atoms with Gasteiger partial charge in [0, 0.05) is 21.3 Å². The number of hydrogen-bond acceptors (Lipinski definition) is 4. The number of aromatic nitrogens is 2. The van der Waals surface area contributed by atoms with Crippen molar-refractivity contribution in [2.24, 2.45) is 0 Å². The Morgan fingerprint density at radius 2 is 2.17 bits per heavy atom. The van der Waals surface area contributed by atoms with E-state index in [4.69, 9.17) is 4.52 Å². The highest BCUT2D eigenvalue weighted by Crippen LogP contribution is 2.22. The molecule has 90 valence electrons. The Morgan fingerprint density at radius 1 is 1.22 bits per heavy atom. The van der Waals surface area contributed by atoms with Crippen LogP contribution in [0.3, 0.4) is 0 Å². The maximum atomic E-state index is 5.28. The lowest BCUT2D eigenvalue weighted by molar-refractivity contribution is 0.424. The summed E-state index contributed by atoms with van der Waals surface area (Å²) in [5.74, 6) is 1.27. The van der Waals surface area contributed by atoms with Gasteiger partial charge in [0.2, 0.25) is 0 Å². The van der Waals surface area contributed by atoms with Crippen LogP contribution in [0.5, 0.6) is 0 Å². The molecule has 0 bridgehead atoms. The Bertz CT molecular complexity index is 649. The van der Waals surface area contributed by atoms with Crippen LogP contribution in [0, 0.1) is 0 Å². The quantitative estimate of drug-likeness (QED) is 0.727. The van der Waals surface area contributed by atoms with E-state index in [1.807, 2.05) is 35.7 Å². The van der Waals surface area contributed by atoms with Gasteiger partial charge in [-0.05, 0) is 29.6 Å². The molecule has 18 heavy (non-hydrogen) atoms. The van der Waals surface area contributed by atoms with Gasteiger partial charge in [-0.15, -0.1) is 11.3 Å². The van der Waals surface area contributed by atoms with Crippen molar-refractivity contribution in [1.29, 1.82) is 0 Å². The summed E-state index contributed by atoms with van der Waals surface area (Å²) in [7, 11) is 0. The topological polar surface area (TPSA) is 38.9 Å². The lowest BCUT2D eigenvalue weighted by atomic mass is 10.2. The Labute approximate surface area is 117 Å². The van der Waals surface area contributed by atoms with Crippen molar-refractivity contribution in [2.75, 3.05) is 0 Å². The number of benzene rings is 1. The van der Waals surface area contributed by atoms with Gasteiger partial charge in [0.1, 0.15) is 0 Å². The summed E-state index contributed by atoms with van der Waals surface area (Å²) < 4.78 is 6.28. The van der Waals surface area contributed by atoms with Crippen LogP contribution >= 0.6 is 27.3 Å². The summed E-state index contributed by atoms with van der Waals surface area (Å²) in [5, 5.41) is 6.05. The summed E-state index contributed by atoms with van der Waals surface area (Å²) in [6.45, 7) is 0. The van der Waals surface area contributed by atoms with Crippen molar-refractivity contribution in [1.82, 2.24) is 10.1 Å². The molecule has 2 heterocycles. The molecule has 2 aromatic heterocycles. The highest BCUT2D eigenvalue weighted by atomic mass is 79.9. The van der Waals surface area contributed by atoms with E-state index in [2.05, 4.69) is 32.1 Å². The van der Waals surface area contributed by atoms with Gasteiger partial charge < -0.3 is 4.52 Å². The van der Waals surface area contributed by atoms with E-state index in [9.17, 15) is 0 Å². The third-order valence-electron chi connectivity index (χ3n) is 2.45. The van der Waals surface area contributed by atoms with Crippen LogP contribution in [0.2, 0.25) is 0 Å². The van der Waals surface area contributed by atoms with Crippen LogP contribution in [0.1, 0.15) is 10.7 Å². The van der Waals surface area contributed by atoms with Gasteiger partial charge in [-0.2, -0.15) is 4.98 Å². The molecular formula is C13H9BrN2OS. The molecule has 0 unspecified atom stereocenters. The Kier molecular flexibility index (Phi) is 3.25. The molecule has 0 saturated carbocycles. The highest BCUT2D eigenvalue weighted by Gasteiger charge is 2.09. The minimum Gasteiger partial charge on any atom is -0.334 e. The summed E-state index contributed by atoms with van der Waals surface area (Å²) >= 11 is 5.12. The molecule has 1 aromatic carbocycles. The largest absolute Gasteiger partial charge is 0.334 e. The molecule has 0 N–H and O–H groups in total. The van der Waals surface area contributed by atoms with E-state index in [0.29, 0.717) is 11.7 Å². The Morgan fingerprint density at radius 3 is 2.94 bits per heavy atom. The van der Waals surface area contributed by atoms with Crippen LogP contribution < -0.4 is 0 Å². The molecule has 0 atom stereocenters. The maximum Gasteiger partial charge on any atom is 0.257 e. The third kappa shape index (κ3) is 2.52. The molecule has 0 aliphatic rings. The first-order valence-electron chi connectivity index (χ1n) is 5.42. The minimum absolute atomic E-state index is 0.558. The molecule has 0 saturated heterocycles. The second kappa shape index (κ2) is 5.04. The minimum atomic E-state index is 0.558. The number of halogens is 1. The summed E-state index contributed by atoms with van der Waals surface area (Å²) in [5.41, 5.74) is 0.925. The molecule has 3 aromatic rings. The van der Waals surface area contributed by atoms with E-state index in [1.54, 1.807) is 11.3 Å². The maximum absolute atomic E-state index is 5.28. The molecule has 5 heteroatoms. The van der Waals surface area contributed by atoms with Gasteiger partial charge in [-0.25, -0.2) is 0 Å². The number of rotatable bonds is 3. The van der Waals surface area contributed by atoms with Crippen LogP contribution in [-0.2, 0) is 6.42 Å². The first-order valence-corrected chi connectivity index (χ1v) is 7.09. The molecule has 0 aliphatic carbocycles. The predicted octanol–water partition coefficient (Wildman–Crippen LogP) is 4.15. The fourth-order valence-electron chi connectivity index (χ4n) is 1.63. The average Bonchev–Trinajstić information content (AvgIpc) is 3.01. The van der Waals surface area contributed by atoms with E-state index >= 15 is 0 Å². The smallest absolute Gasteiger partial charge is 0.257 e. The van der Waals surface area contributed by atoms with Gasteiger partial charge in [-0.1, -0.05) is 33.2 Å². The van der Waals surface area contributed by atoms with Crippen LogP contribution in [0.15, 0.2) is 50.8 Å². The average molecular weight is 321 g/mol. The summed E-state index contributed by atoms with van der Waals surface area (Å²) in [6, 6.07) is 11.9. The molecule has 0 amide bonds. The van der Waals surface area contributed by atoms with Crippen molar-refractivity contribution in [3.05, 3.63) is 57.0 Å². The lowest BCUT2D eigenvalue weighted by Crippen LogP contribution is -1.87. The zero-order chi connectivity index (χ0) is 12.4. The molecular weight excluding hydrogens is 312 g/mol. The molecule has 0 fully saturated rings. The van der Waals surface area contributed by atoms with E-state index in [0.717, 1.165) is 16.5 Å². The summed E-state index contributed by atoms with van der Waals surface area (Å²) in [6.07, 6.45) is 0.717. The van der Waals surface area contributed by atoms with Crippen molar-refractivity contribution in [2.45, 2.75) is 6.42 Å². The predicted molar refractivity (Wildman–Crippen MR) is 74.6 cm³/mol. The van der Waals surface area contributed by atoms with Gasteiger partial charge in [0.25, 0.3) is 5.89 Å². The third-order valence-corrected chi connectivity index (χ3v) is 3.82. The Hall–Kier alpha value is -1.46. The van der Waals surface area contributed by atoms with Crippen molar-refractivity contribution >= 4 is 27.3 Å². The van der Waals surface area contributed by atoms with Crippen LogP contribution in [0.25, 0.3) is 11.5 Å². The van der Waals surface area contributed by atoms with Crippen molar-refractivity contribution in [3.8, 4) is 11.5 Å². The second-order valence-corrected chi connectivity index (χ2v) is 5.73.